The molecule has 0 N–H and O–H groups in total. The van der Waals surface area contributed by atoms with Gasteiger partial charge in [-0.3, -0.25) is 0 Å². The molecule has 0 saturated carbocycles. The maximum atomic E-state index is 4.11. The van der Waals surface area contributed by atoms with Gasteiger partial charge in [0.05, 0.1) is 0 Å². The van der Waals surface area contributed by atoms with Gasteiger partial charge in [0.25, 0.3) is 0 Å². The zero-order chi connectivity index (χ0) is 12.6. The summed E-state index contributed by atoms with van der Waals surface area (Å²) in [7, 11) is 1.82. The molecule has 1 aromatic rings. The van der Waals surface area contributed by atoms with Crippen LogP contribution < -0.4 is 51.4 Å². The average molecular weight is 259 g/mol. The van der Waals surface area contributed by atoms with Crippen molar-refractivity contribution in [2.75, 3.05) is 7.05 Å². The normalized spacial score (nSPS) is 9.76. The van der Waals surface area contributed by atoms with Crippen molar-refractivity contribution in [1.82, 2.24) is 0 Å². The third-order valence-corrected chi connectivity index (χ3v) is 1.93. The second kappa shape index (κ2) is 10.6. The molecule has 0 spiro atoms. The Morgan fingerprint density at radius 3 is 1.71 bits per heavy atom. The van der Waals surface area contributed by atoms with Crippen molar-refractivity contribution in [3.05, 3.63) is 35.1 Å². The van der Waals surface area contributed by atoms with Crippen LogP contribution >= 0.6 is 0 Å². The summed E-state index contributed by atoms with van der Waals surface area (Å²) in [5, 5.41) is 4.11. The van der Waals surface area contributed by atoms with Crippen LogP contribution in [0.3, 0.4) is 0 Å². The molecule has 0 aliphatic heterocycles. The SMILES string of the molecule is CCC.C[N-]c1ccc(CC(C)(C)C)cc1.[K+]. The van der Waals surface area contributed by atoms with Crippen LogP contribution in [0.5, 0.6) is 0 Å². The summed E-state index contributed by atoms with van der Waals surface area (Å²) in [6, 6.07) is 8.46. The topological polar surface area (TPSA) is 14.1 Å². The Kier molecular flexibility index (Phi) is 12.4. The quantitative estimate of drug-likeness (QED) is 0.724. The smallest absolute Gasteiger partial charge is 0.687 e. The molecule has 17 heavy (non-hydrogen) atoms. The predicted octanol–water partition coefficient (Wildman–Crippen LogP) is 2.33. The van der Waals surface area contributed by atoms with Crippen molar-refractivity contribution in [3.8, 4) is 0 Å². The third kappa shape index (κ3) is 11.5. The van der Waals surface area contributed by atoms with Gasteiger partial charge in [0.15, 0.2) is 0 Å². The van der Waals surface area contributed by atoms with Gasteiger partial charge in [0, 0.05) is 0 Å². The predicted molar refractivity (Wildman–Crippen MR) is 74.5 cm³/mol. The van der Waals surface area contributed by atoms with Crippen LogP contribution in [0.1, 0.15) is 46.6 Å². The molecule has 0 heterocycles. The van der Waals surface area contributed by atoms with E-state index in [0.29, 0.717) is 5.41 Å². The summed E-state index contributed by atoms with van der Waals surface area (Å²) in [5.41, 5.74) is 2.81. The van der Waals surface area contributed by atoms with Gasteiger partial charge in [-0.05, 0) is 17.4 Å². The Balaban J connectivity index is 0. The Labute approximate surface area is 150 Å². The maximum absolute atomic E-state index is 4.11. The van der Waals surface area contributed by atoms with Crippen LogP contribution in [-0.2, 0) is 6.42 Å². The van der Waals surface area contributed by atoms with E-state index < -0.39 is 0 Å². The summed E-state index contributed by atoms with van der Waals surface area (Å²) in [4.78, 5) is 0. The molecule has 1 rings (SSSR count). The van der Waals surface area contributed by atoms with Crippen molar-refractivity contribution in [2.24, 2.45) is 5.41 Å². The van der Waals surface area contributed by atoms with E-state index in [2.05, 4.69) is 64.2 Å². The number of rotatable bonds is 2. The molecule has 0 radical (unpaired) electrons. The largest absolute Gasteiger partial charge is 1.00 e. The Hall–Kier alpha value is 0.656. The van der Waals surface area contributed by atoms with Crippen LogP contribution in [0.15, 0.2) is 24.3 Å². The van der Waals surface area contributed by atoms with E-state index in [1.54, 1.807) is 0 Å². The summed E-state index contributed by atoms with van der Waals surface area (Å²) >= 11 is 0. The van der Waals surface area contributed by atoms with Gasteiger partial charge in [-0.15, -0.1) is 12.7 Å². The fraction of sp³-hybridized carbons (Fsp3) is 0.600. The molecule has 0 aliphatic carbocycles. The summed E-state index contributed by atoms with van der Waals surface area (Å²) in [6.07, 6.45) is 2.37. The minimum absolute atomic E-state index is 0. The van der Waals surface area contributed by atoms with Crippen LogP contribution in [0.4, 0.5) is 5.69 Å². The first-order valence-electron chi connectivity index (χ1n) is 6.11. The molecular weight excluding hydrogens is 233 g/mol. The van der Waals surface area contributed by atoms with E-state index in [4.69, 9.17) is 0 Å². The first-order valence-corrected chi connectivity index (χ1v) is 6.11. The van der Waals surface area contributed by atoms with E-state index in [1.165, 1.54) is 12.0 Å². The third-order valence-electron chi connectivity index (χ3n) is 1.93. The second-order valence-electron chi connectivity index (χ2n) is 5.33. The van der Waals surface area contributed by atoms with Crippen LogP contribution in [0, 0.1) is 5.41 Å². The minimum atomic E-state index is 0. The van der Waals surface area contributed by atoms with E-state index in [0.717, 1.165) is 12.1 Å². The molecule has 92 valence electrons. The Morgan fingerprint density at radius 1 is 1.00 bits per heavy atom. The molecule has 0 saturated heterocycles. The molecule has 1 aromatic carbocycles. The van der Waals surface area contributed by atoms with Gasteiger partial charge in [-0.2, -0.15) is 0 Å². The minimum Gasteiger partial charge on any atom is -0.687 e. The van der Waals surface area contributed by atoms with Crippen LogP contribution in [0.25, 0.3) is 5.32 Å². The Morgan fingerprint density at radius 2 is 1.41 bits per heavy atom. The van der Waals surface area contributed by atoms with Gasteiger partial charge in [-0.25, -0.2) is 0 Å². The van der Waals surface area contributed by atoms with E-state index in [9.17, 15) is 0 Å². The Bertz CT molecular complexity index is 272. The van der Waals surface area contributed by atoms with Gasteiger partial charge in [-0.1, -0.05) is 65.3 Å². The molecular formula is C15H26KN. The average Bonchev–Trinajstić information content (AvgIpc) is 2.18. The molecule has 2 heteroatoms. The molecule has 0 aliphatic rings. The van der Waals surface area contributed by atoms with Crippen LogP contribution in [-0.4, -0.2) is 7.05 Å². The fourth-order valence-corrected chi connectivity index (χ4v) is 1.38. The van der Waals surface area contributed by atoms with Gasteiger partial charge < -0.3 is 5.32 Å². The molecule has 0 unspecified atom stereocenters. The number of hydrogen-bond donors (Lipinski definition) is 0. The maximum Gasteiger partial charge on any atom is 1.00 e. The van der Waals surface area contributed by atoms with Gasteiger partial charge >= 0.3 is 51.4 Å². The van der Waals surface area contributed by atoms with Crippen molar-refractivity contribution < 1.29 is 51.4 Å². The van der Waals surface area contributed by atoms with Crippen LogP contribution in [0.2, 0.25) is 0 Å². The second-order valence-corrected chi connectivity index (χ2v) is 5.33. The number of benzene rings is 1. The van der Waals surface area contributed by atoms with Gasteiger partial charge in [0.1, 0.15) is 0 Å². The molecule has 0 amide bonds. The summed E-state index contributed by atoms with van der Waals surface area (Å²) < 4.78 is 0. The number of nitrogens with zero attached hydrogens (tertiary/aromatic N) is 1. The summed E-state index contributed by atoms with van der Waals surface area (Å²) in [5.74, 6) is 0. The van der Waals surface area contributed by atoms with Crippen molar-refractivity contribution >= 4 is 5.69 Å². The zero-order valence-corrected chi connectivity index (χ0v) is 15.8. The van der Waals surface area contributed by atoms with E-state index >= 15 is 0 Å². The fourth-order valence-electron chi connectivity index (χ4n) is 1.38. The first-order chi connectivity index (χ1) is 7.42. The standard InChI is InChI=1S/C12H18N.C3H8.K/c1-12(2,3)9-10-5-7-11(13-4)8-6-10;1-3-2;/h5-8H,9H2,1-4H3;3H2,1-2H3;/q-1;;+1. The van der Waals surface area contributed by atoms with Crippen molar-refractivity contribution in [1.29, 1.82) is 0 Å². The monoisotopic (exact) mass is 259 g/mol. The van der Waals surface area contributed by atoms with Crippen molar-refractivity contribution in [3.63, 3.8) is 0 Å². The summed E-state index contributed by atoms with van der Waals surface area (Å²) in [6.45, 7) is 11.0. The van der Waals surface area contributed by atoms with E-state index in [-0.39, 0.29) is 51.4 Å². The number of hydrogen-bond acceptors (Lipinski definition) is 0. The molecule has 0 fully saturated rings. The van der Waals surface area contributed by atoms with Gasteiger partial charge in [0.2, 0.25) is 0 Å². The molecule has 0 bridgehead atoms. The molecule has 0 atom stereocenters. The molecule has 0 aromatic heterocycles. The zero-order valence-electron chi connectivity index (χ0n) is 12.7. The molecule has 1 nitrogen and oxygen atoms in total. The first kappa shape index (κ1) is 20.0. The van der Waals surface area contributed by atoms with E-state index in [1.807, 2.05) is 7.05 Å². The van der Waals surface area contributed by atoms with Crippen molar-refractivity contribution in [2.45, 2.75) is 47.5 Å².